The molecule has 1 aromatic heterocycles. The Bertz CT molecular complexity index is 5880. The molecule has 6 aromatic rings. The number of hydrogen-bond acceptors (Lipinski definition) is 24. The minimum atomic E-state index is -0.826. The van der Waals surface area contributed by atoms with Crippen LogP contribution in [0.5, 0.6) is 0 Å². The molecule has 123 heavy (non-hydrogen) atoms. The number of fused-ring (bicyclic) bond motifs is 1. The minimum Gasteiger partial charge on any atom is -0.351 e. The van der Waals surface area contributed by atoms with Gasteiger partial charge in [0.1, 0.15) is 65.2 Å². The highest BCUT2D eigenvalue weighted by molar-refractivity contribution is 6.31. The lowest BCUT2D eigenvalue weighted by molar-refractivity contribution is -0.146. The second-order valence-electron chi connectivity index (χ2n) is 29.5. The first-order valence-corrected chi connectivity index (χ1v) is 39.3. The maximum Gasteiger partial charge on any atom is 0.278 e. The van der Waals surface area contributed by atoms with Crippen LogP contribution in [0.3, 0.4) is 0 Å². The molecule has 5 atom stereocenters. The summed E-state index contributed by atoms with van der Waals surface area (Å²) >= 11 is 11.7. The van der Waals surface area contributed by atoms with Crippen LogP contribution in [0, 0.1) is 13.8 Å². The molecule has 0 radical (unpaired) electrons. The van der Waals surface area contributed by atoms with E-state index in [0.29, 0.717) is 132 Å². The van der Waals surface area contributed by atoms with Gasteiger partial charge < -0.3 is 53.2 Å². The number of benzene rings is 5. The average Bonchev–Trinajstić information content (AvgIpc) is 1.70. The van der Waals surface area contributed by atoms with Crippen molar-refractivity contribution in [1.29, 1.82) is 0 Å². The number of hydrogen-bond donors (Lipinski definition) is 10. The van der Waals surface area contributed by atoms with Gasteiger partial charge in [0.05, 0.1) is 23.1 Å². The number of anilines is 5. The molecule has 17 rings (SSSR count). The molecule has 11 aliphatic rings. The Hall–Kier alpha value is -15.2. The zero-order valence-corrected chi connectivity index (χ0v) is 67.6. The number of carbonyl (C=O) groups is 15. The molecule has 12 heterocycles. The Kier molecular flexibility index (Phi) is 25.8. The fourth-order valence-corrected chi connectivity index (χ4v) is 14.7. The third kappa shape index (κ3) is 19.7. The van der Waals surface area contributed by atoms with E-state index in [1.807, 2.05) is 68.4 Å². The standard InChI is InChI=1S/C19H16N4O3.C18H16N6O3.C18H19N3O3.2C16H14ClN3O3/c1-11-6-7-16(18(25)21-11)23-17(24)9-15(19(23)26)22-13-8-12-4-2-3-5-14(12)20-10-13;1-10-5-6-15(17(26)20-10)24-16(25)8-13(18(24)27)21-12-4-2-3-11(7-12)14-9-19-23-22-14;1-10-4-6-13(8-11(10)2)20-14-9-16(22)21(18(14)24)15-7-5-12(3)19-17(15)23;1-9-2-7-13(15(22)18-9)20-14(21)8-12(16(20)23)19-11-5-3-10(17)4-6-11;1-9-5-6-13(15(22)18-9)20-14(21)8-12(16(20)23)19-11-4-2-3-10(17)7-11/h2-5,8-10,16,22H,1,6-7H2,(H,21,25);2-4,7-8,15,21H,1,5-6,9H2,(H,20,26);4,6,8-9,15,20H,3,5,7H2,1-2H3,(H,19,23);3-6,8,13,19H,1-2,7H2,(H,18,22);2-4,7-8,13,19H,1,5-6H2,(H,18,22). The van der Waals surface area contributed by atoms with E-state index in [0.717, 1.165) is 63.5 Å². The number of aromatic nitrogens is 1. The first kappa shape index (κ1) is 85.7. The monoisotopic (exact) mass is 1700 g/mol. The highest BCUT2D eigenvalue weighted by atomic mass is 35.5. The molecule has 10 N–H and O–H groups in total. The quantitative estimate of drug-likeness (QED) is 0.0407. The number of piperidine rings is 5. The summed E-state index contributed by atoms with van der Waals surface area (Å²) in [6, 6.07) is 31.9. The van der Waals surface area contributed by atoms with E-state index in [2.05, 4.69) is 106 Å². The lowest BCUT2D eigenvalue weighted by Crippen LogP contribution is -2.52. The zero-order valence-electron chi connectivity index (χ0n) is 66.1. The molecule has 11 aliphatic heterocycles. The predicted octanol–water partition coefficient (Wildman–Crippen LogP) is 8.36. The fraction of sp³-hybridized carbons (Fsp3) is 0.207. The van der Waals surface area contributed by atoms with Crippen LogP contribution in [0.1, 0.15) is 80.9 Å². The summed E-state index contributed by atoms with van der Waals surface area (Å²) in [7, 11) is 0. The van der Waals surface area contributed by atoms with E-state index < -0.39 is 95.2 Å². The fourth-order valence-electron chi connectivity index (χ4n) is 14.4. The number of carbonyl (C=O) groups excluding carboxylic acids is 15. The van der Waals surface area contributed by atoms with Crippen LogP contribution in [0.4, 0.5) is 28.4 Å². The molecule has 0 aliphatic carbocycles. The zero-order chi connectivity index (χ0) is 87.8. The van der Waals surface area contributed by atoms with E-state index in [4.69, 9.17) is 23.2 Å². The van der Waals surface area contributed by atoms with Gasteiger partial charge in [0.2, 0.25) is 29.5 Å². The van der Waals surface area contributed by atoms with Crippen LogP contribution in [0.2, 0.25) is 10.0 Å². The second-order valence-corrected chi connectivity index (χ2v) is 30.3. The van der Waals surface area contributed by atoms with Crippen molar-refractivity contribution in [1.82, 2.24) is 56.1 Å². The van der Waals surface area contributed by atoms with Gasteiger partial charge in [-0.3, -0.25) is 101 Å². The Morgan fingerprint density at radius 3 is 1.07 bits per heavy atom. The molecule has 0 bridgehead atoms. The highest BCUT2D eigenvalue weighted by Crippen LogP contribution is 2.33. The third-order valence-corrected chi connectivity index (χ3v) is 21.2. The van der Waals surface area contributed by atoms with E-state index in [1.54, 1.807) is 72.9 Å². The van der Waals surface area contributed by atoms with Crippen LogP contribution in [-0.2, 0) is 71.9 Å². The first-order valence-electron chi connectivity index (χ1n) is 38.5. The summed E-state index contributed by atoms with van der Waals surface area (Å²) in [6.45, 7) is 22.9. The maximum atomic E-state index is 12.7. The number of aryl methyl sites for hydroxylation is 2. The van der Waals surface area contributed by atoms with Crippen molar-refractivity contribution < 1.29 is 71.9 Å². The van der Waals surface area contributed by atoms with Crippen molar-refractivity contribution in [3.63, 3.8) is 0 Å². The van der Waals surface area contributed by atoms with Crippen molar-refractivity contribution in [3.8, 4) is 0 Å². The number of rotatable bonds is 16. The Labute approximate surface area is 712 Å². The van der Waals surface area contributed by atoms with E-state index in [9.17, 15) is 71.9 Å². The lowest BCUT2D eigenvalue weighted by atomic mass is 10.0. The Balaban J connectivity index is 0.000000133. The number of nitrogens with zero attached hydrogens (tertiary/aromatic N) is 9. The number of para-hydroxylation sites is 1. The van der Waals surface area contributed by atoms with Crippen LogP contribution in [0.25, 0.3) is 10.9 Å². The Morgan fingerprint density at radius 1 is 0.358 bits per heavy atom. The SMILES string of the molecule is C=C1CCC(N2C(=O)C=C(Nc3ccc(C)c(C)c3)C2=O)C(=O)N1.C=C1CCC(N2C(=O)C=C(Nc3ccc(Cl)cc3)C2=O)C(=O)N1.C=C1CCC(N2C(=O)C=C(Nc3cccc(C4=NN=NC4)c3)C2=O)C(=O)N1.C=C1CCC(N2C(=O)C=C(Nc3cccc(Cl)c3)C2=O)C(=O)N1.C=C1CCC(N2C(=O)C=C(Nc3cnc4ccccc4c3)C2=O)C(=O)N1. The molecule has 626 valence electrons. The summed E-state index contributed by atoms with van der Waals surface area (Å²) in [5.41, 5.74) is 11.4. The molecule has 5 fully saturated rings. The molecule has 5 aromatic carbocycles. The van der Waals surface area contributed by atoms with Gasteiger partial charge in [-0.25, -0.2) is 0 Å². The molecule has 0 spiro atoms. The lowest BCUT2D eigenvalue weighted by Gasteiger charge is -2.29. The number of allylic oxidation sites excluding steroid dienone is 5. The molecule has 15 amide bonds. The first-order chi connectivity index (χ1) is 58.8. The van der Waals surface area contributed by atoms with Gasteiger partial charge >= 0.3 is 0 Å². The molecule has 34 nitrogen and oxygen atoms in total. The van der Waals surface area contributed by atoms with Gasteiger partial charge in [-0.1, -0.05) is 98.6 Å². The van der Waals surface area contributed by atoms with E-state index in [-0.39, 0.29) is 52.1 Å². The van der Waals surface area contributed by atoms with Gasteiger partial charge in [-0.15, -0.1) is 5.10 Å². The number of imide groups is 5. The normalized spacial score (nSPS) is 21.2. The maximum absolute atomic E-state index is 12.7. The van der Waals surface area contributed by atoms with Gasteiger partial charge in [0, 0.05) is 103 Å². The van der Waals surface area contributed by atoms with Gasteiger partial charge in [0.15, 0.2) is 0 Å². The van der Waals surface area contributed by atoms with Crippen molar-refractivity contribution in [2.24, 2.45) is 15.4 Å². The third-order valence-electron chi connectivity index (χ3n) is 20.7. The molecule has 0 saturated carbocycles. The van der Waals surface area contributed by atoms with Crippen LogP contribution >= 0.6 is 23.2 Å². The van der Waals surface area contributed by atoms with Crippen LogP contribution in [0.15, 0.2) is 263 Å². The van der Waals surface area contributed by atoms with Gasteiger partial charge in [0.25, 0.3) is 59.1 Å². The largest absolute Gasteiger partial charge is 0.351 e. The molecular weight excluding hydrogens is 1620 g/mol. The summed E-state index contributed by atoms with van der Waals surface area (Å²) in [4.78, 5) is 194. The van der Waals surface area contributed by atoms with Crippen LogP contribution in [-0.4, -0.2) is 161 Å². The summed E-state index contributed by atoms with van der Waals surface area (Å²) < 4.78 is 0. The average molecular weight is 1700 g/mol. The summed E-state index contributed by atoms with van der Waals surface area (Å²) in [6.07, 6.45) is 12.2. The molecule has 36 heteroatoms. The van der Waals surface area contributed by atoms with Gasteiger partial charge in [-0.05, 0) is 173 Å². The number of halogens is 2. The number of nitrogens with one attached hydrogen (secondary N) is 10. The van der Waals surface area contributed by atoms with Gasteiger partial charge in [-0.2, -0.15) is 5.11 Å². The van der Waals surface area contributed by atoms with Crippen molar-refractivity contribution in [2.75, 3.05) is 33.1 Å². The van der Waals surface area contributed by atoms with Crippen LogP contribution < -0.4 is 53.2 Å². The second kappa shape index (κ2) is 37.0. The van der Waals surface area contributed by atoms with Crippen molar-refractivity contribution in [3.05, 3.63) is 275 Å². The Morgan fingerprint density at radius 2 is 0.707 bits per heavy atom. The summed E-state index contributed by atoms with van der Waals surface area (Å²) in [5.74, 6) is -6.98. The van der Waals surface area contributed by atoms with E-state index >= 15 is 0 Å². The minimum absolute atomic E-state index is 0.120. The molecule has 5 unspecified atom stereocenters. The predicted molar refractivity (Wildman–Crippen MR) is 453 cm³/mol. The number of amides is 15. The van der Waals surface area contributed by atoms with Crippen molar-refractivity contribution in [2.45, 2.75) is 108 Å². The topological polar surface area (TPSA) is 443 Å². The van der Waals surface area contributed by atoms with Crippen molar-refractivity contribution >= 4 is 157 Å². The smallest absolute Gasteiger partial charge is 0.278 e. The number of pyridine rings is 1. The summed E-state index contributed by atoms with van der Waals surface area (Å²) in [5, 5.41) is 40.9. The highest BCUT2D eigenvalue weighted by Gasteiger charge is 2.47. The molecular formula is C87H79Cl2N19O15. The van der Waals surface area contributed by atoms with E-state index in [1.165, 1.54) is 30.4 Å². The molecule has 5 saturated heterocycles.